The molecule has 2 unspecified atom stereocenters. The molecule has 2 amide bonds. The molecule has 0 radical (unpaired) electrons. The summed E-state index contributed by atoms with van der Waals surface area (Å²) >= 11 is 0. The molecule has 0 saturated carbocycles. The van der Waals surface area contributed by atoms with Gasteiger partial charge in [0, 0.05) is 12.2 Å². The molecule has 2 atom stereocenters. The van der Waals surface area contributed by atoms with Crippen molar-refractivity contribution in [3.05, 3.63) is 30.1 Å². The molecule has 0 spiro atoms. The zero-order valence-electron chi connectivity index (χ0n) is 10.3. The molecule has 2 rings (SSSR count). The molecule has 0 bridgehead atoms. The van der Waals surface area contributed by atoms with Gasteiger partial charge in [0.15, 0.2) is 0 Å². The molecular formula is C13H17FN2O2. The molecule has 1 heterocycles. The summed E-state index contributed by atoms with van der Waals surface area (Å²) in [6.07, 6.45) is 0.891. The van der Waals surface area contributed by atoms with E-state index in [9.17, 15) is 14.3 Å². The Bertz CT molecular complexity index is 422. The van der Waals surface area contributed by atoms with Gasteiger partial charge in [0.05, 0.1) is 12.6 Å². The van der Waals surface area contributed by atoms with Crippen molar-refractivity contribution in [2.24, 2.45) is 5.92 Å². The molecule has 18 heavy (non-hydrogen) atoms. The highest BCUT2D eigenvalue weighted by Gasteiger charge is 2.33. The van der Waals surface area contributed by atoms with Gasteiger partial charge in [-0.1, -0.05) is 6.92 Å². The predicted octanol–water partition coefficient (Wildman–Crippen LogP) is 2.06. The van der Waals surface area contributed by atoms with Crippen LogP contribution in [0.2, 0.25) is 0 Å². The zero-order chi connectivity index (χ0) is 13.1. The number of urea groups is 1. The van der Waals surface area contributed by atoms with Crippen molar-refractivity contribution in [1.29, 1.82) is 0 Å². The second-order valence-electron chi connectivity index (χ2n) is 4.65. The highest BCUT2D eigenvalue weighted by Crippen LogP contribution is 2.24. The normalized spacial score (nSPS) is 23.2. The number of rotatable bonds is 2. The monoisotopic (exact) mass is 252 g/mol. The van der Waals surface area contributed by atoms with Gasteiger partial charge >= 0.3 is 6.03 Å². The number of benzene rings is 1. The van der Waals surface area contributed by atoms with E-state index >= 15 is 0 Å². The standard InChI is InChI=1S/C13H17FN2O2/c1-9-6-7-16(12(9)8-17)13(18)15-11-4-2-10(14)3-5-11/h2-5,9,12,17H,6-8H2,1H3,(H,15,18). The first-order valence-electron chi connectivity index (χ1n) is 6.06. The molecule has 4 nitrogen and oxygen atoms in total. The smallest absolute Gasteiger partial charge is 0.322 e. The molecule has 1 aromatic rings. The number of aliphatic hydroxyl groups excluding tert-OH is 1. The summed E-state index contributed by atoms with van der Waals surface area (Å²) in [7, 11) is 0. The lowest BCUT2D eigenvalue weighted by atomic mass is 10.0. The number of nitrogens with zero attached hydrogens (tertiary/aromatic N) is 1. The topological polar surface area (TPSA) is 52.6 Å². The number of carbonyl (C=O) groups excluding carboxylic acids is 1. The lowest BCUT2D eigenvalue weighted by Crippen LogP contribution is -2.42. The quantitative estimate of drug-likeness (QED) is 0.846. The molecule has 2 N–H and O–H groups in total. The number of hydrogen-bond donors (Lipinski definition) is 2. The Labute approximate surface area is 105 Å². The van der Waals surface area contributed by atoms with E-state index in [2.05, 4.69) is 5.32 Å². The van der Waals surface area contributed by atoms with Gasteiger partial charge < -0.3 is 15.3 Å². The fraction of sp³-hybridized carbons (Fsp3) is 0.462. The van der Waals surface area contributed by atoms with Gasteiger partial charge in [-0.3, -0.25) is 0 Å². The van der Waals surface area contributed by atoms with Crippen molar-refractivity contribution in [2.75, 3.05) is 18.5 Å². The molecular weight excluding hydrogens is 235 g/mol. The van der Waals surface area contributed by atoms with Crippen molar-refractivity contribution < 1.29 is 14.3 Å². The predicted molar refractivity (Wildman–Crippen MR) is 66.8 cm³/mol. The summed E-state index contributed by atoms with van der Waals surface area (Å²) in [5.74, 6) is -0.0370. The molecule has 98 valence electrons. The highest BCUT2D eigenvalue weighted by atomic mass is 19.1. The fourth-order valence-electron chi connectivity index (χ4n) is 2.27. The molecule has 0 aliphatic carbocycles. The van der Waals surface area contributed by atoms with E-state index in [1.165, 1.54) is 24.3 Å². The van der Waals surface area contributed by atoms with Gasteiger partial charge in [-0.2, -0.15) is 0 Å². The Morgan fingerprint density at radius 2 is 2.17 bits per heavy atom. The van der Waals surface area contributed by atoms with Crippen molar-refractivity contribution in [3.63, 3.8) is 0 Å². The average Bonchev–Trinajstić information content (AvgIpc) is 2.73. The van der Waals surface area contributed by atoms with Crippen molar-refractivity contribution in [3.8, 4) is 0 Å². The van der Waals surface area contributed by atoms with Crippen LogP contribution >= 0.6 is 0 Å². The molecule has 1 aliphatic heterocycles. The number of anilines is 1. The van der Waals surface area contributed by atoms with Crippen LogP contribution in [-0.2, 0) is 0 Å². The average molecular weight is 252 g/mol. The third kappa shape index (κ3) is 2.61. The summed E-state index contributed by atoms with van der Waals surface area (Å²) in [6.45, 7) is 2.63. The van der Waals surface area contributed by atoms with Gasteiger partial charge in [-0.25, -0.2) is 9.18 Å². The second-order valence-corrected chi connectivity index (χ2v) is 4.65. The third-order valence-electron chi connectivity index (χ3n) is 3.43. The summed E-state index contributed by atoms with van der Waals surface area (Å²) in [5, 5.41) is 12.0. The van der Waals surface area contributed by atoms with Crippen LogP contribution in [-0.4, -0.2) is 35.2 Å². The van der Waals surface area contributed by atoms with Crippen LogP contribution in [0.15, 0.2) is 24.3 Å². The van der Waals surface area contributed by atoms with Crippen LogP contribution in [0, 0.1) is 11.7 Å². The Morgan fingerprint density at radius 1 is 1.50 bits per heavy atom. The van der Waals surface area contributed by atoms with E-state index < -0.39 is 0 Å². The van der Waals surface area contributed by atoms with E-state index in [0.717, 1.165) is 6.42 Å². The van der Waals surface area contributed by atoms with E-state index in [0.29, 0.717) is 18.2 Å². The van der Waals surface area contributed by atoms with Crippen LogP contribution in [0.3, 0.4) is 0 Å². The highest BCUT2D eigenvalue weighted by molar-refractivity contribution is 5.89. The number of aliphatic hydroxyl groups is 1. The van der Waals surface area contributed by atoms with Crippen LogP contribution < -0.4 is 5.32 Å². The van der Waals surface area contributed by atoms with E-state index in [1.807, 2.05) is 6.92 Å². The molecule has 1 saturated heterocycles. The number of likely N-dealkylation sites (tertiary alicyclic amines) is 1. The van der Waals surface area contributed by atoms with Gasteiger partial charge in [0.25, 0.3) is 0 Å². The van der Waals surface area contributed by atoms with Crippen molar-refractivity contribution in [1.82, 2.24) is 4.90 Å². The lowest BCUT2D eigenvalue weighted by Gasteiger charge is -2.25. The summed E-state index contributed by atoms with van der Waals surface area (Å²) in [5.41, 5.74) is 0.553. The molecule has 0 aromatic heterocycles. The Hall–Kier alpha value is -1.62. The number of hydrogen-bond acceptors (Lipinski definition) is 2. The number of amides is 2. The minimum Gasteiger partial charge on any atom is -0.394 e. The summed E-state index contributed by atoms with van der Waals surface area (Å²) in [6, 6.07) is 5.24. The summed E-state index contributed by atoms with van der Waals surface area (Å²) in [4.78, 5) is 13.7. The van der Waals surface area contributed by atoms with Crippen LogP contribution in [0.1, 0.15) is 13.3 Å². The number of nitrogens with one attached hydrogen (secondary N) is 1. The minimum absolute atomic E-state index is 0.0298. The summed E-state index contributed by atoms with van der Waals surface area (Å²) < 4.78 is 12.7. The Balaban J connectivity index is 2.01. The van der Waals surface area contributed by atoms with E-state index in [4.69, 9.17) is 0 Å². The maximum Gasteiger partial charge on any atom is 0.322 e. The maximum absolute atomic E-state index is 12.7. The lowest BCUT2D eigenvalue weighted by molar-refractivity contribution is 0.152. The molecule has 1 fully saturated rings. The van der Waals surface area contributed by atoms with Crippen LogP contribution in [0.4, 0.5) is 14.9 Å². The van der Waals surface area contributed by atoms with Crippen LogP contribution in [0.25, 0.3) is 0 Å². The first-order chi connectivity index (χ1) is 8.61. The molecule has 5 heteroatoms. The maximum atomic E-state index is 12.7. The largest absolute Gasteiger partial charge is 0.394 e. The SMILES string of the molecule is CC1CCN(C(=O)Nc2ccc(F)cc2)C1CO. The van der Waals surface area contributed by atoms with Crippen molar-refractivity contribution in [2.45, 2.75) is 19.4 Å². The van der Waals surface area contributed by atoms with E-state index in [1.54, 1.807) is 4.90 Å². The van der Waals surface area contributed by atoms with Gasteiger partial charge in [0.2, 0.25) is 0 Å². The van der Waals surface area contributed by atoms with Crippen LogP contribution in [0.5, 0.6) is 0 Å². The fourth-order valence-corrected chi connectivity index (χ4v) is 2.27. The third-order valence-corrected chi connectivity index (χ3v) is 3.43. The van der Waals surface area contributed by atoms with Gasteiger partial charge in [-0.15, -0.1) is 0 Å². The number of halogens is 1. The number of carbonyl (C=O) groups is 1. The first-order valence-corrected chi connectivity index (χ1v) is 6.06. The van der Waals surface area contributed by atoms with Crippen molar-refractivity contribution >= 4 is 11.7 Å². The first kappa shape index (κ1) is 12.8. The van der Waals surface area contributed by atoms with Gasteiger partial charge in [-0.05, 0) is 36.6 Å². The van der Waals surface area contributed by atoms with Gasteiger partial charge in [0.1, 0.15) is 5.82 Å². The molecule has 1 aromatic carbocycles. The second kappa shape index (κ2) is 5.35. The zero-order valence-corrected chi connectivity index (χ0v) is 10.3. The van der Waals surface area contributed by atoms with E-state index in [-0.39, 0.29) is 24.5 Å². The Morgan fingerprint density at radius 3 is 2.78 bits per heavy atom. The Kier molecular flexibility index (Phi) is 3.81. The minimum atomic E-state index is -0.337. The molecule has 1 aliphatic rings.